The molecule has 1 aromatic carbocycles. The van der Waals surface area contributed by atoms with E-state index in [0.717, 1.165) is 24.9 Å². The van der Waals surface area contributed by atoms with Gasteiger partial charge in [0.25, 0.3) is 0 Å². The van der Waals surface area contributed by atoms with Gasteiger partial charge in [0, 0.05) is 18.2 Å². The van der Waals surface area contributed by atoms with Gasteiger partial charge < -0.3 is 5.32 Å². The summed E-state index contributed by atoms with van der Waals surface area (Å²) in [5.41, 5.74) is 1.59. The Balaban J connectivity index is 1.98. The summed E-state index contributed by atoms with van der Waals surface area (Å²) in [6, 6.07) is 8.60. The maximum Gasteiger partial charge on any atom is 0.435 e. The Labute approximate surface area is 120 Å². The minimum Gasteiger partial charge on any atom is -0.316 e. The van der Waals surface area contributed by atoms with Crippen LogP contribution in [0.15, 0.2) is 30.3 Å². The van der Waals surface area contributed by atoms with Crippen molar-refractivity contribution in [2.24, 2.45) is 0 Å². The molecule has 0 atom stereocenters. The van der Waals surface area contributed by atoms with Crippen LogP contribution in [0.1, 0.15) is 35.7 Å². The maximum absolute atomic E-state index is 12.9. The van der Waals surface area contributed by atoms with Gasteiger partial charge in [0.2, 0.25) is 0 Å². The standard InChI is InChI=1S/C15H16F3N3/c1-19-9-10-2-6-12(7-3-10)21-13(11-4-5-11)8-14(20-21)15(16,17)18/h2-3,6-8,11,19H,4-5,9H2,1H3. The molecule has 1 aliphatic rings. The first-order chi connectivity index (χ1) is 9.99. The molecule has 1 heterocycles. The molecule has 0 amide bonds. The predicted octanol–water partition coefficient (Wildman–Crippen LogP) is 3.49. The summed E-state index contributed by atoms with van der Waals surface area (Å²) in [6.07, 6.45) is -2.54. The Morgan fingerprint density at radius 2 is 1.90 bits per heavy atom. The van der Waals surface area contributed by atoms with Crippen molar-refractivity contribution in [1.29, 1.82) is 0 Å². The molecule has 3 nitrogen and oxygen atoms in total. The number of nitrogens with zero attached hydrogens (tertiary/aromatic N) is 2. The van der Waals surface area contributed by atoms with Gasteiger partial charge in [0.05, 0.1) is 5.69 Å². The van der Waals surface area contributed by atoms with Crippen LogP contribution >= 0.6 is 0 Å². The molecule has 0 saturated heterocycles. The molecule has 0 unspecified atom stereocenters. The summed E-state index contributed by atoms with van der Waals surface area (Å²) in [5, 5.41) is 6.80. The predicted molar refractivity (Wildman–Crippen MR) is 73.3 cm³/mol. The molecule has 0 aliphatic heterocycles. The monoisotopic (exact) mass is 295 g/mol. The van der Waals surface area contributed by atoms with Gasteiger partial charge in [0.15, 0.2) is 5.69 Å². The van der Waals surface area contributed by atoms with Crippen molar-refractivity contribution in [2.45, 2.75) is 31.5 Å². The van der Waals surface area contributed by atoms with Gasteiger partial charge in [-0.05, 0) is 43.7 Å². The zero-order valence-corrected chi connectivity index (χ0v) is 11.6. The number of benzene rings is 1. The van der Waals surface area contributed by atoms with Gasteiger partial charge >= 0.3 is 6.18 Å². The lowest BCUT2D eigenvalue weighted by atomic mass is 10.2. The molecule has 0 radical (unpaired) electrons. The third kappa shape index (κ3) is 2.95. The van der Waals surface area contributed by atoms with Gasteiger partial charge in [-0.1, -0.05) is 12.1 Å². The number of rotatable bonds is 4. The Morgan fingerprint density at radius 3 is 2.43 bits per heavy atom. The highest BCUT2D eigenvalue weighted by atomic mass is 19.4. The smallest absolute Gasteiger partial charge is 0.316 e. The van der Waals surface area contributed by atoms with E-state index in [-0.39, 0.29) is 5.92 Å². The number of hydrogen-bond acceptors (Lipinski definition) is 2. The molecular weight excluding hydrogens is 279 g/mol. The first-order valence-electron chi connectivity index (χ1n) is 6.90. The van der Waals surface area contributed by atoms with E-state index in [1.807, 2.05) is 31.3 Å². The summed E-state index contributed by atoms with van der Waals surface area (Å²) in [4.78, 5) is 0. The average Bonchev–Trinajstić information content (AvgIpc) is 3.17. The first kappa shape index (κ1) is 14.1. The van der Waals surface area contributed by atoms with Crippen LogP contribution in [0.25, 0.3) is 5.69 Å². The van der Waals surface area contributed by atoms with Crippen LogP contribution in [0.2, 0.25) is 0 Å². The van der Waals surface area contributed by atoms with Gasteiger partial charge in [-0.25, -0.2) is 4.68 Å². The van der Waals surface area contributed by atoms with Crippen molar-refractivity contribution in [3.63, 3.8) is 0 Å². The number of alkyl halides is 3. The zero-order valence-electron chi connectivity index (χ0n) is 11.6. The lowest BCUT2D eigenvalue weighted by Crippen LogP contribution is -2.08. The summed E-state index contributed by atoms with van der Waals surface area (Å²) in [6.45, 7) is 0.725. The second-order valence-electron chi connectivity index (χ2n) is 5.34. The fraction of sp³-hybridized carbons (Fsp3) is 0.400. The van der Waals surface area contributed by atoms with Gasteiger partial charge in [-0.3, -0.25) is 0 Å². The molecule has 21 heavy (non-hydrogen) atoms. The first-order valence-corrected chi connectivity index (χ1v) is 6.90. The Hall–Kier alpha value is -1.82. The van der Waals surface area contributed by atoms with Crippen LogP contribution in [0.4, 0.5) is 13.2 Å². The number of halogens is 3. The summed E-state index contributed by atoms with van der Waals surface area (Å²) >= 11 is 0. The van der Waals surface area contributed by atoms with E-state index in [9.17, 15) is 13.2 Å². The van der Waals surface area contributed by atoms with E-state index in [4.69, 9.17) is 0 Å². The molecule has 1 aromatic heterocycles. The van der Waals surface area contributed by atoms with E-state index in [1.165, 1.54) is 10.7 Å². The van der Waals surface area contributed by atoms with Crippen molar-refractivity contribution in [1.82, 2.24) is 15.1 Å². The van der Waals surface area contributed by atoms with Crippen LogP contribution in [-0.4, -0.2) is 16.8 Å². The largest absolute Gasteiger partial charge is 0.435 e. The molecule has 1 fully saturated rings. The molecule has 2 aromatic rings. The molecule has 0 bridgehead atoms. The van der Waals surface area contributed by atoms with Crippen molar-refractivity contribution in [2.75, 3.05) is 7.05 Å². The normalized spacial score (nSPS) is 15.4. The summed E-state index contributed by atoms with van der Waals surface area (Å²) in [7, 11) is 1.85. The molecule has 1 aliphatic carbocycles. The summed E-state index contributed by atoms with van der Waals surface area (Å²) in [5.74, 6) is 0.200. The molecule has 112 valence electrons. The minimum atomic E-state index is -4.40. The number of hydrogen-bond donors (Lipinski definition) is 1. The zero-order chi connectivity index (χ0) is 15.0. The van der Waals surface area contributed by atoms with E-state index >= 15 is 0 Å². The van der Waals surface area contributed by atoms with Gasteiger partial charge in [0.1, 0.15) is 0 Å². The van der Waals surface area contributed by atoms with E-state index in [0.29, 0.717) is 11.4 Å². The highest BCUT2D eigenvalue weighted by molar-refractivity contribution is 5.38. The van der Waals surface area contributed by atoms with Crippen LogP contribution in [-0.2, 0) is 12.7 Å². The van der Waals surface area contributed by atoms with Crippen LogP contribution in [0.3, 0.4) is 0 Å². The molecule has 3 rings (SSSR count). The van der Waals surface area contributed by atoms with Gasteiger partial charge in [-0.2, -0.15) is 18.3 Å². The highest BCUT2D eigenvalue weighted by Gasteiger charge is 2.38. The van der Waals surface area contributed by atoms with Gasteiger partial charge in [-0.15, -0.1) is 0 Å². The number of aromatic nitrogens is 2. The molecule has 1 N–H and O–H groups in total. The fourth-order valence-corrected chi connectivity index (χ4v) is 2.37. The summed E-state index contributed by atoms with van der Waals surface area (Å²) < 4.78 is 40.0. The molecule has 6 heteroatoms. The van der Waals surface area contributed by atoms with Crippen molar-refractivity contribution in [3.05, 3.63) is 47.3 Å². The van der Waals surface area contributed by atoms with Crippen LogP contribution < -0.4 is 5.32 Å². The maximum atomic E-state index is 12.9. The number of nitrogens with one attached hydrogen (secondary N) is 1. The lowest BCUT2D eigenvalue weighted by molar-refractivity contribution is -0.141. The van der Waals surface area contributed by atoms with E-state index < -0.39 is 11.9 Å². The van der Waals surface area contributed by atoms with Crippen molar-refractivity contribution < 1.29 is 13.2 Å². The second kappa shape index (κ2) is 5.18. The Kier molecular flexibility index (Phi) is 3.49. The minimum absolute atomic E-state index is 0.200. The third-order valence-electron chi connectivity index (χ3n) is 3.58. The molecular formula is C15H16F3N3. The fourth-order valence-electron chi connectivity index (χ4n) is 2.37. The van der Waals surface area contributed by atoms with Crippen molar-refractivity contribution >= 4 is 0 Å². The quantitative estimate of drug-likeness (QED) is 0.935. The van der Waals surface area contributed by atoms with Crippen LogP contribution in [0.5, 0.6) is 0 Å². The topological polar surface area (TPSA) is 29.9 Å². The van der Waals surface area contributed by atoms with Crippen molar-refractivity contribution in [3.8, 4) is 5.69 Å². The lowest BCUT2D eigenvalue weighted by Gasteiger charge is -2.08. The highest BCUT2D eigenvalue weighted by Crippen LogP contribution is 2.42. The molecule has 0 spiro atoms. The van der Waals surface area contributed by atoms with E-state index in [1.54, 1.807) is 0 Å². The van der Waals surface area contributed by atoms with E-state index in [2.05, 4.69) is 10.4 Å². The Bertz CT molecular complexity index is 625. The van der Waals surface area contributed by atoms with Crippen LogP contribution in [0, 0.1) is 0 Å². The molecule has 1 saturated carbocycles. The Morgan fingerprint density at radius 1 is 1.24 bits per heavy atom. The SMILES string of the molecule is CNCc1ccc(-n2nc(C(F)(F)F)cc2C2CC2)cc1. The third-order valence-corrected chi connectivity index (χ3v) is 3.58. The average molecular weight is 295 g/mol. The second-order valence-corrected chi connectivity index (χ2v) is 5.34.